The fraction of sp³-hybridized carbons (Fsp3) is 0.455. The van der Waals surface area contributed by atoms with Crippen molar-refractivity contribution in [3.8, 4) is 0 Å². The monoisotopic (exact) mass is 477 g/mol. The topological polar surface area (TPSA) is 99.9 Å². The molecule has 4 rings (SSSR count). The van der Waals surface area contributed by atoms with E-state index in [4.69, 9.17) is 4.42 Å². The number of nitrogens with zero attached hydrogens (tertiary/aromatic N) is 2. The maximum atomic E-state index is 12.9. The SMILES string of the molecule is CC(=O)N1c2ccc(S(=O)(=O)N3CCCC3)cc2C[C@@H]1C(=O)NCCSCc1ccco1. The molecule has 3 heterocycles. The lowest BCUT2D eigenvalue weighted by molar-refractivity contribution is -0.125. The van der Waals surface area contributed by atoms with Gasteiger partial charge in [-0.25, -0.2) is 8.42 Å². The van der Waals surface area contributed by atoms with Gasteiger partial charge in [0.1, 0.15) is 11.8 Å². The van der Waals surface area contributed by atoms with Gasteiger partial charge in [0, 0.05) is 44.4 Å². The number of fused-ring (bicyclic) bond motifs is 1. The summed E-state index contributed by atoms with van der Waals surface area (Å²) in [6.07, 6.45) is 3.66. The normalized spacial score (nSPS) is 18.7. The molecule has 0 spiro atoms. The first-order chi connectivity index (χ1) is 15.4. The van der Waals surface area contributed by atoms with Crippen LogP contribution in [0.3, 0.4) is 0 Å². The van der Waals surface area contributed by atoms with Crippen molar-refractivity contribution >= 4 is 39.3 Å². The van der Waals surface area contributed by atoms with Crippen molar-refractivity contribution in [2.45, 2.75) is 42.9 Å². The smallest absolute Gasteiger partial charge is 0.243 e. The van der Waals surface area contributed by atoms with Crippen LogP contribution in [-0.4, -0.2) is 56.0 Å². The molecule has 0 radical (unpaired) electrons. The summed E-state index contributed by atoms with van der Waals surface area (Å²) in [6.45, 7) is 2.95. The lowest BCUT2D eigenvalue weighted by Gasteiger charge is -2.23. The quantitative estimate of drug-likeness (QED) is 0.586. The van der Waals surface area contributed by atoms with Crippen molar-refractivity contribution in [3.05, 3.63) is 47.9 Å². The first kappa shape index (κ1) is 22.9. The van der Waals surface area contributed by atoms with Crippen LogP contribution in [0, 0.1) is 0 Å². The number of hydrogen-bond donors (Lipinski definition) is 1. The second-order valence-electron chi connectivity index (χ2n) is 7.93. The third-order valence-electron chi connectivity index (χ3n) is 5.75. The predicted octanol–water partition coefficient (Wildman–Crippen LogP) is 2.39. The number of rotatable bonds is 8. The minimum atomic E-state index is -3.56. The summed E-state index contributed by atoms with van der Waals surface area (Å²) in [5, 5.41) is 2.90. The van der Waals surface area contributed by atoms with E-state index >= 15 is 0 Å². The summed E-state index contributed by atoms with van der Waals surface area (Å²) in [7, 11) is -3.56. The maximum absolute atomic E-state index is 12.9. The number of hydrogen-bond acceptors (Lipinski definition) is 6. The van der Waals surface area contributed by atoms with Crippen LogP contribution in [0.4, 0.5) is 5.69 Å². The van der Waals surface area contributed by atoms with Crippen LogP contribution in [0.5, 0.6) is 0 Å². The number of amides is 2. The Labute approximate surface area is 192 Å². The highest BCUT2D eigenvalue weighted by atomic mass is 32.2. The van der Waals surface area contributed by atoms with E-state index < -0.39 is 16.1 Å². The molecule has 2 aliphatic heterocycles. The van der Waals surface area contributed by atoms with Gasteiger partial charge in [-0.3, -0.25) is 14.5 Å². The van der Waals surface area contributed by atoms with Gasteiger partial charge in [-0.15, -0.1) is 0 Å². The Kier molecular flexibility index (Phi) is 6.92. The Morgan fingerprint density at radius 1 is 1.22 bits per heavy atom. The third kappa shape index (κ3) is 4.72. The van der Waals surface area contributed by atoms with Crippen LogP contribution in [0.15, 0.2) is 45.9 Å². The van der Waals surface area contributed by atoms with Crippen LogP contribution in [0.25, 0.3) is 0 Å². The summed E-state index contributed by atoms with van der Waals surface area (Å²) >= 11 is 1.65. The highest BCUT2D eigenvalue weighted by Crippen LogP contribution is 2.35. The molecular weight excluding hydrogens is 450 g/mol. The molecule has 0 saturated carbocycles. The number of anilines is 1. The largest absolute Gasteiger partial charge is 0.468 e. The lowest BCUT2D eigenvalue weighted by atomic mass is 10.1. The van der Waals surface area contributed by atoms with Crippen molar-refractivity contribution < 1.29 is 22.4 Å². The van der Waals surface area contributed by atoms with Crippen LogP contribution in [0.1, 0.15) is 31.1 Å². The zero-order valence-corrected chi connectivity index (χ0v) is 19.6. The predicted molar refractivity (Wildman–Crippen MR) is 123 cm³/mol. The molecule has 1 N–H and O–H groups in total. The number of sulfonamides is 1. The number of furan rings is 1. The Balaban J connectivity index is 1.41. The maximum Gasteiger partial charge on any atom is 0.243 e. The summed E-state index contributed by atoms with van der Waals surface area (Å²) in [6, 6.07) is 7.87. The molecule has 1 atom stereocenters. The molecule has 0 aliphatic carbocycles. The van der Waals surface area contributed by atoms with Gasteiger partial charge in [0.2, 0.25) is 21.8 Å². The van der Waals surface area contributed by atoms with Crippen molar-refractivity contribution in [1.82, 2.24) is 9.62 Å². The Morgan fingerprint density at radius 3 is 2.69 bits per heavy atom. The van der Waals surface area contributed by atoms with E-state index in [9.17, 15) is 18.0 Å². The van der Waals surface area contributed by atoms with Crippen molar-refractivity contribution in [1.29, 1.82) is 0 Å². The molecule has 2 aromatic rings. The lowest BCUT2D eigenvalue weighted by Crippen LogP contribution is -2.47. The molecule has 2 aliphatic rings. The van der Waals surface area contributed by atoms with E-state index in [1.165, 1.54) is 22.2 Å². The summed E-state index contributed by atoms with van der Waals surface area (Å²) in [4.78, 5) is 26.9. The van der Waals surface area contributed by atoms with E-state index in [-0.39, 0.29) is 16.7 Å². The molecule has 1 saturated heterocycles. The molecule has 32 heavy (non-hydrogen) atoms. The number of carbonyl (C=O) groups excluding carboxylic acids is 2. The van der Waals surface area contributed by atoms with Gasteiger partial charge in [-0.2, -0.15) is 16.1 Å². The number of nitrogens with one attached hydrogen (secondary N) is 1. The van der Waals surface area contributed by atoms with Gasteiger partial charge in [0.25, 0.3) is 0 Å². The van der Waals surface area contributed by atoms with Crippen molar-refractivity contribution in [2.24, 2.45) is 0 Å². The highest BCUT2D eigenvalue weighted by molar-refractivity contribution is 7.98. The van der Waals surface area contributed by atoms with Gasteiger partial charge in [0.05, 0.1) is 16.9 Å². The van der Waals surface area contributed by atoms with E-state index in [1.807, 2.05) is 12.1 Å². The minimum absolute atomic E-state index is 0.219. The van der Waals surface area contributed by atoms with Crippen LogP contribution in [0.2, 0.25) is 0 Å². The second-order valence-corrected chi connectivity index (χ2v) is 11.0. The molecule has 1 fully saturated rings. The average molecular weight is 478 g/mol. The summed E-state index contributed by atoms with van der Waals surface area (Å²) < 4.78 is 32.6. The number of thioether (sulfide) groups is 1. The fourth-order valence-corrected chi connectivity index (χ4v) is 6.52. The highest BCUT2D eigenvalue weighted by Gasteiger charge is 2.38. The van der Waals surface area contributed by atoms with Gasteiger partial charge < -0.3 is 9.73 Å². The standard InChI is InChI=1S/C22H27N3O5S2/c1-16(26)25-20-7-6-19(32(28,29)24-9-2-3-10-24)13-17(20)14-21(25)22(27)23-8-12-31-15-18-5-4-11-30-18/h4-7,11,13,21H,2-3,8-10,12,14-15H2,1H3,(H,23,27)/t21-/m1/s1. The Bertz CT molecular complexity index is 1080. The molecule has 172 valence electrons. The number of benzene rings is 1. The fourth-order valence-electron chi connectivity index (χ4n) is 4.20. The van der Waals surface area contributed by atoms with Gasteiger partial charge in [0.15, 0.2) is 0 Å². The van der Waals surface area contributed by atoms with E-state index in [0.717, 1.165) is 24.4 Å². The van der Waals surface area contributed by atoms with Crippen molar-refractivity contribution in [2.75, 3.05) is 30.3 Å². The zero-order chi connectivity index (χ0) is 22.7. The molecule has 8 nitrogen and oxygen atoms in total. The summed E-state index contributed by atoms with van der Waals surface area (Å²) in [5.74, 6) is 1.84. The molecule has 2 amide bonds. The van der Waals surface area contributed by atoms with Crippen LogP contribution >= 0.6 is 11.8 Å². The third-order valence-corrected chi connectivity index (χ3v) is 8.63. The minimum Gasteiger partial charge on any atom is -0.468 e. The zero-order valence-electron chi connectivity index (χ0n) is 18.0. The molecule has 1 aromatic carbocycles. The molecule has 10 heteroatoms. The van der Waals surface area contributed by atoms with E-state index in [2.05, 4.69) is 5.32 Å². The Hall–Kier alpha value is -2.30. The van der Waals surface area contributed by atoms with E-state index in [1.54, 1.807) is 30.2 Å². The van der Waals surface area contributed by atoms with E-state index in [0.29, 0.717) is 43.1 Å². The molecule has 0 unspecified atom stereocenters. The van der Waals surface area contributed by atoms with Crippen LogP contribution in [-0.2, 0) is 31.8 Å². The van der Waals surface area contributed by atoms with Gasteiger partial charge in [-0.1, -0.05) is 0 Å². The second kappa shape index (κ2) is 9.68. The molecule has 1 aromatic heterocycles. The molecular formula is C22H27N3O5S2. The number of carbonyl (C=O) groups is 2. The average Bonchev–Trinajstić information content (AvgIpc) is 3.53. The Morgan fingerprint density at radius 2 is 2.00 bits per heavy atom. The van der Waals surface area contributed by atoms with Gasteiger partial charge in [-0.05, 0) is 48.7 Å². The van der Waals surface area contributed by atoms with Crippen molar-refractivity contribution in [3.63, 3.8) is 0 Å². The first-order valence-corrected chi connectivity index (χ1v) is 13.3. The van der Waals surface area contributed by atoms with Crippen LogP contribution < -0.4 is 10.2 Å². The summed E-state index contributed by atoms with van der Waals surface area (Å²) in [5.41, 5.74) is 1.30. The molecule has 0 bridgehead atoms. The van der Waals surface area contributed by atoms with Gasteiger partial charge >= 0.3 is 0 Å². The first-order valence-electron chi connectivity index (χ1n) is 10.7.